The Balaban J connectivity index is 1.38. The number of amides is 2. The first-order valence-corrected chi connectivity index (χ1v) is 11.2. The molecule has 0 unspecified atom stereocenters. The molecule has 10 nitrogen and oxygen atoms in total. The van der Waals surface area contributed by atoms with Gasteiger partial charge in [0.15, 0.2) is 0 Å². The molecular weight excluding hydrogens is 444 g/mol. The minimum Gasteiger partial charge on any atom is -0.343 e. The molecule has 2 aromatic heterocycles. The fourth-order valence-corrected chi connectivity index (χ4v) is 4.09. The van der Waals surface area contributed by atoms with Crippen LogP contribution >= 0.6 is 11.6 Å². The zero-order chi connectivity index (χ0) is 23.2. The zero-order valence-corrected chi connectivity index (χ0v) is 19.0. The summed E-state index contributed by atoms with van der Waals surface area (Å²) in [7, 11) is 0. The molecule has 3 heterocycles. The molecule has 11 heteroatoms. The summed E-state index contributed by atoms with van der Waals surface area (Å²) in [5.74, 6) is 1.02. The first kappa shape index (κ1) is 21.3. The normalized spacial score (nSPS) is 18.8. The van der Waals surface area contributed by atoms with Crippen molar-refractivity contribution >= 4 is 35.4 Å². The lowest BCUT2D eigenvalue weighted by Crippen LogP contribution is -2.36. The Morgan fingerprint density at radius 2 is 2.00 bits per heavy atom. The number of anilines is 2. The van der Waals surface area contributed by atoms with E-state index in [2.05, 4.69) is 30.6 Å². The SMILES string of the molecule is CC[C@H]1CNC(=O)N1c1nc(C)nc(NC2(c3cn(C(=O)c4ccc(Cl)cc4)cn3)CC2)n1. The van der Waals surface area contributed by atoms with Crippen LogP contribution in [0.5, 0.6) is 0 Å². The van der Waals surface area contributed by atoms with Gasteiger partial charge < -0.3 is 10.6 Å². The van der Waals surface area contributed by atoms with E-state index in [1.807, 2.05) is 6.92 Å². The highest BCUT2D eigenvalue weighted by Gasteiger charge is 2.47. The first-order valence-electron chi connectivity index (χ1n) is 10.8. The van der Waals surface area contributed by atoms with E-state index in [4.69, 9.17) is 11.6 Å². The van der Waals surface area contributed by atoms with Gasteiger partial charge in [0.25, 0.3) is 5.91 Å². The Morgan fingerprint density at radius 3 is 2.70 bits per heavy atom. The van der Waals surface area contributed by atoms with Gasteiger partial charge in [-0.3, -0.25) is 14.3 Å². The van der Waals surface area contributed by atoms with Gasteiger partial charge in [0.05, 0.1) is 17.3 Å². The Bertz CT molecular complexity index is 1220. The zero-order valence-electron chi connectivity index (χ0n) is 18.2. The topological polar surface area (TPSA) is 118 Å². The van der Waals surface area contributed by atoms with E-state index in [9.17, 15) is 9.59 Å². The van der Waals surface area contributed by atoms with Gasteiger partial charge in [-0.25, -0.2) is 9.78 Å². The van der Waals surface area contributed by atoms with Crippen LogP contribution in [0.3, 0.4) is 0 Å². The van der Waals surface area contributed by atoms with Gasteiger partial charge in [-0.05, 0) is 50.5 Å². The maximum absolute atomic E-state index is 12.8. The van der Waals surface area contributed by atoms with Crippen molar-refractivity contribution in [1.29, 1.82) is 0 Å². The predicted octanol–water partition coefficient (Wildman–Crippen LogP) is 3.13. The van der Waals surface area contributed by atoms with Crippen molar-refractivity contribution in [1.82, 2.24) is 29.8 Å². The maximum atomic E-state index is 12.8. The van der Waals surface area contributed by atoms with Crippen molar-refractivity contribution in [2.75, 3.05) is 16.8 Å². The smallest absolute Gasteiger partial charge is 0.324 e. The highest BCUT2D eigenvalue weighted by Crippen LogP contribution is 2.47. The summed E-state index contributed by atoms with van der Waals surface area (Å²) in [6.45, 7) is 4.35. The summed E-state index contributed by atoms with van der Waals surface area (Å²) in [6, 6.07) is 6.52. The van der Waals surface area contributed by atoms with Crippen LogP contribution in [-0.2, 0) is 5.54 Å². The second-order valence-corrected chi connectivity index (χ2v) is 8.75. The highest BCUT2D eigenvalue weighted by atomic mass is 35.5. The molecule has 1 saturated heterocycles. The van der Waals surface area contributed by atoms with Crippen molar-refractivity contribution in [3.8, 4) is 0 Å². The largest absolute Gasteiger partial charge is 0.343 e. The molecule has 3 aromatic rings. The average Bonchev–Trinajstić information content (AvgIpc) is 3.22. The van der Waals surface area contributed by atoms with Gasteiger partial charge in [0.1, 0.15) is 12.2 Å². The molecule has 0 bridgehead atoms. The fourth-order valence-electron chi connectivity index (χ4n) is 3.97. The van der Waals surface area contributed by atoms with Crippen LogP contribution in [0.15, 0.2) is 36.8 Å². The summed E-state index contributed by atoms with van der Waals surface area (Å²) < 4.78 is 1.46. The van der Waals surface area contributed by atoms with Gasteiger partial charge in [0, 0.05) is 23.3 Å². The molecule has 2 aliphatic rings. The lowest BCUT2D eigenvalue weighted by molar-refractivity contribution is 0.0959. The minimum atomic E-state index is -0.464. The van der Waals surface area contributed by atoms with Crippen LogP contribution in [0.25, 0.3) is 0 Å². The minimum absolute atomic E-state index is 0.00314. The van der Waals surface area contributed by atoms with Gasteiger partial charge >= 0.3 is 6.03 Å². The second-order valence-electron chi connectivity index (χ2n) is 8.31. The number of urea groups is 1. The van der Waals surface area contributed by atoms with E-state index in [0.717, 1.165) is 25.0 Å². The molecule has 2 N–H and O–H groups in total. The van der Waals surface area contributed by atoms with E-state index in [-0.39, 0.29) is 18.0 Å². The molecule has 1 saturated carbocycles. The van der Waals surface area contributed by atoms with Crippen molar-refractivity contribution in [3.05, 3.63) is 58.9 Å². The number of nitrogens with zero attached hydrogens (tertiary/aromatic N) is 6. The third kappa shape index (κ3) is 4.02. The summed E-state index contributed by atoms with van der Waals surface area (Å²) in [6.07, 6.45) is 5.67. The molecule has 33 heavy (non-hydrogen) atoms. The third-order valence-corrected chi connectivity index (χ3v) is 6.25. The number of benzene rings is 1. The number of hydrogen-bond acceptors (Lipinski definition) is 7. The summed E-state index contributed by atoms with van der Waals surface area (Å²) >= 11 is 5.92. The van der Waals surface area contributed by atoms with Crippen LogP contribution in [0.1, 0.15) is 48.1 Å². The van der Waals surface area contributed by atoms with Crippen molar-refractivity contribution < 1.29 is 9.59 Å². The lowest BCUT2D eigenvalue weighted by atomic mass is 10.2. The number of aryl methyl sites for hydroxylation is 1. The average molecular weight is 467 g/mol. The van der Waals surface area contributed by atoms with Gasteiger partial charge in [-0.1, -0.05) is 18.5 Å². The van der Waals surface area contributed by atoms with E-state index in [0.29, 0.717) is 34.9 Å². The molecule has 0 radical (unpaired) electrons. The Kier molecular flexibility index (Phi) is 5.24. The van der Waals surface area contributed by atoms with Gasteiger partial charge in [0.2, 0.25) is 11.9 Å². The number of aromatic nitrogens is 5. The molecule has 170 valence electrons. The number of imidazole rings is 1. The number of halogens is 1. The van der Waals surface area contributed by atoms with Crippen LogP contribution < -0.4 is 15.5 Å². The lowest BCUT2D eigenvalue weighted by Gasteiger charge is -2.21. The Morgan fingerprint density at radius 1 is 1.24 bits per heavy atom. The molecule has 1 aliphatic carbocycles. The fraction of sp³-hybridized carbons (Fsp3) is 0.364. The van der Waals surface area contributed by atoms with Gasteiger partial charge in [-0.2, -0.15) is 15.0 Å². The molecule has 2 amide bonds. The van der Waals surface area contributed by atoms with E-state index < -0.39 is 5.54 Å². The quantitative estimate of drug-likeness (QED) is 0.573. The van der Waals surface area contributed by atoms with E-state index in [1.165, 1.54) is 10.9 Å². The van der Waals surface area contributed by atoms with Crippen LogP contribution in [0.4, 0.5) is 16.7 Å². The maximum Gasteiger partial charge on any atom is 0.324 e. The van der Waals surface area contributed by atoms with Crippen LogP contribution in [0.2, 0.25) is 5.02 Å². The van der Waals surface area contributed by atoms with Crippen molar-refractivity contribution in [3.63, 3.8) is 0 Å². The number of rotatable bonds is 6. The molecule has 1 atom stereocenters. The standard InChI is InChI=1S/C22H23ClN8O2/c1-3-16-10-24-21(33)31(16)20-27-13(2)26-19(28-20)29-22(8-9-22)17-11-30(12-25-17)18(32)14-4-6-15(23)7-5-14/h4-7,11-12,16H,3,8-10H2,1-2H3,(H,24,33)(H,26,27,28,29)/t16-/m0/s1. The van der Waals surface area contributed by atoms with E-state index >= 15 is 0 Å². The predicted molar refractivity (Wildman–Crippen MR) is 122 cm³/mol. The number of carbonyl (C=O) groups is 2. The molecule has 0 spiro atoms. The Labute approximate surface area is 195 Å². The first-order chi connectivity index (χ1) is 15.9. The van der Waals surface area contributed by atoms with Crippen LogP contribution in [0, 0.1) is 6.92 Å². The second kappa shape index (κ2) is 8.11. The molecule has 1 aliphatic heterocycles. The summed E-state index contributed by atoms with van der Waals surface area (Å²) in [4.78, 5) is 44.5. The summed E-state index contributed by atoms with van der Waals surface area (Å²) in [5.41, 5.74) is 0.789. The Hall–Kier alpha value is -3.53. The number of nitrogens with one attached hydrogen (secondary N) is 2. The highest BCUT2D eigenvalue weighted by molar-refractivity contribution is 6.30. The van der Waals surface area contributed by atoms with Crippen LogP contribution in [-0.4, -0.2) is 49.0 Å². The molecule has 5 rings (SSSR count). The van der Waals surface area contributed by atoms with Crippen molar-refractivity contribution in [2.24, 2.45) is 0 Å². The summed E-state index contributed by atoms with van der Waals surface area (Å²) in [5, 5.41) is 6.78. The molecule has 2 fully saturated rings. The third-order valence-electron chi connectivity index (χ3n) is 5.99. The monoisotopic (exact) mass is 466 g/mol. The number of carbonyl (C=O) groups excluding carboxylic acids is 2. The van der Waals surface area contributed by atoms with Crippen molar-refractivity contribution in [2.45, 2.75) is 44.7 Å². The van der Waals surface area contributed by atoms with E-state index in [1.54, 1.807) is 42.3 Å². The molecular formula is C22H23ClN8O2. The number of hydrogen-bond donors (Lipinski definition) is 2. The molecule has 1 aromatic carbocycles. The van der Waals surface area contributed by atoms with Gasteiger partial charge in [-0.15, -0.1) is 0 Å².